The number of ether oxygens (including phenoxy) is 2. The second-order valence-electron chi connectivity index (χ2n) is 10.4. The Kier molecular flexibility index (Phi) is 8.72. The average molecular weight is 436 g/mol. The zero-order valence-electron chi connectivity index (χ0n) is 21.0. The molecule has 0 bridgehead atoms. The molecule has 1 rings (SSSR count). The molecule has 6 heteroatoms. The van der Waals surface area contributed by atoms with E-state index >= 15 is 0 Å². The molecule has 0 aliphatic carbocycles. The molecule has 0 fully saturated rings. The summed E-state index contributed by atoms with van der Waals surface area (Å²) in [7, 11) is 0. The molecular formula is C25H41NO5. The van der Waals surface area contributed by atoms with Gasteiger partial charge in [-0.1, -0.05) is 53.7 Å². The lowest BCUT2D eigenvalue weighted by Crippen LogP contribution is -2.42. The first-order valence-corrected chi connectivity index (χ1v) is 11.1. The molecule has 6 nitrogen and oxygen atoms in total. The van der Waals surface area contributed by atoms with Gasteiger partial charge in [-0.3, -0.25) is 14.8 Å². The van der Waals surface area contributed by atoms with Gasteiger partial charge in [0.15, 0.2) is 6.10 Å². The first-order valence-electron chi connectivity index (χ1n) is 11.1. The van der Waals surface area contributed by atoms with Crippen LogP contribution < -0.4 is 4.74 Å². The minimum Gasteiger partial charge on any atom is -0.480 e. The number of benzene rings is 1. The van der Waals surface area contributed by atoms with Crippen LogP contribution in [-0.2, 0) is 25.2 Å². The summed E-state index contributed by atoms with van der Waals surface area (Å²) in [5.41, 5.74) is 1.40. The third-order valence-corrected chi connectivity index (χ3v) is 5.86. The zero-order chi connectivity index (χ0) is 24.2. The monoisotopic (exact) mass is 435 g/mol. The largest absolute Gasteiger partial charge is 0.480 e. The molecule has 0 heterocycles. The van der Waals surface area contributed by atoms with Crippen molar-refractivity contribution < 1.29 is 24.3 Å². The van der Waals surface area contributed by atoms with Crippen LogP contribution in [0.5, 0.6) is 5.75 Å². The van der Waals surface area contributed by atoms with Crippen molar-refractivity contribution in [1.82, 2.24) is 5.06 Å². The van der Waals surface area contributed by atoms with Gasteiger partial charge in [0.1, 0.15) is 17.9 Å². The van der Waals surface area contributed by atoms with Gasteiger partial charge in [-0.15, -0.1) is 0 Å². The van der Waals surface area contributed by atoms with Crippen LogP contribution >= 0.6 is 0 Å². The smallest absolute Gasteiger partial charge is 0.328 e. The Morgan fingerprint density at radius 2 is 1.55 bits per heavy atom. The van der Waals surface area contributed by atoms with Crippen molar-refractivity contribution in [2.45, 2.75) is 105 Å². The second-order valence-corrected chi connectivity index (χ2v) is 10.4. The normalized spacial score (nSPS) is 13.5. The van der Waals surface area contributed by atoms with Crippen LogP contribution in [0.25, 0.3) is 0 Å². The lowest BCUT2D eigenvalue weighted by Gasteiger charge is -2.31. The molecule has 0 saturated carbocycles. The maximum Gasteiger partial charge on any atom is 0.328 e. The van der Waals surface area contributed by atoms with Crippen LogP contribution in [0.1, 0.15) is 93.2 Å². The maximum atomic E-state index is 12.6. The first kappa shape index (κ1) is 27.0. The number of rotatable bonds is 9. The highest BCUT2D eigenvalue weighted by atomic mass is 16.6. The molecule has 0 radical (unpaired) electrons. The number of hydrogen-bond donors (Lipinski definition) is 1. The minimum atomic E-state index is -0.969. The third kappa shape index (κ3) is 7.53. The predicted molar refractivity (Wildman–Crippen MR) is 123 cm³/mol. The quantitative estimate of drug-likeness (QED) is 0.320. The Hall–Kier alpha value is -2.08. The summed E-state index contributed by atoms with van der Waals surface area (Å²) in [4.78, 5) is 24.5. The van der Waals surface area contributed by atoms with Gasteiger partial charge in [0, 0.05) is 5.56 Å². The van der Waals surface area contributed by atoms with Crippen LogP contribution in [-0.4, -0.2) is 40.4 Å². The molecule has 1 N–H and O–H groups in total. The van der Waals surface area contributed by atoms with Gasteiger partial charge in [-0.25, -0.2) is 5.06 Å². The van der Waals surface area contributed by atoms with E-state index in [4.69, 9.17) is 9.47 Å². The van der Waals surface area contributed by atoms with Crippen LogP contribution in [0, 0.1) is 0 Å². The van der Waals surface area contributed by atoms with Gasteiger partial charge in [0.05, 0.1) is 0 Å². The van der Waals surface area contributed by atoms with E-state index in [1.54, 1.807) is 27.7 Å². The van der Waals surface area contributed by atoms with Crippen molar-refractivity contribution in [3.63, 3.8) is 0 Å². The van der Waals surface area contributed by atoms with Crippen LogP contribution in [0.3, 0.4) is 0 Å². The number of hydroxylamine groups is 2. The highest BCUT2D eigenvalue weighted by molar-refractivity contribution is 5.84. The van der Waals surface area contributed by atoms with Crippen LogP contribution in [0.15, 0.2) is 18.2 Å². The van der Waals surface area contributed by atoms with E-state index in [-0.39, 0.29) is 10.8 Å². The van der Waals surface area contributed by atoms with Gasteiger partial charge >= 0.3 is 5.97 Å². The summed E-state index contributed by atoms with van der Waals surface area (Å²) in [6.07, 6.45) is 0.925. The Bertz CT molecular complexity index is 777. The summed E-state index contributed by atoms with van der Waals surface area (Å²) >= 11 is 0. The standard InChI is InChI=1S/C25H41NO5/c1-11-24(7,8)18-13-14-20(19(15-18)25(9,10)12-2)30-17(3)22(28)26(29)16-21(27)31-23(4,5)6/h13-15,17,29H,11-12,16H2,1-10H3. The Labute approximate surface area is 187 Å². The van der Waals surface area contributed by atoms with Crippen molar-refractivity contribution in [1.29, 1.82) is 0 Å². The van der Waals surface area contributed by atoms with E-state index in [1.807, 2.05) is 12.1 Å². The van der Waals surface area contributed by atoms with Crippen molar-refractivity contribution in [2.24, 2.45) is 0 Å². The van der Waals surface area contributed by atoms with Crippen LogP contribution in [0.4, 0.5) is 0 Å². The molecule has 0 aliphatic heterocycles. The highest BCUT2D eigenvalue weighted by Crippen LogP contribution is 2.38. The molecule has 0 aliphatic rings. The van der Waals surface area contributed by atoms with E-state index in [9.17, 15) is 14.8 Å². The molecule has 1 amide bonds. The maximum absolute atomic E-state index is 12.6. The molecule has 0 aromatic heterocycles. The predicted octanol–water partition coefficient (Wildman–Crippen LogP) is 5.39. The number of carbonyl (C=O) groups excluding carboxylic acids is 2. The molecule has 31 heavy (non-hydrogen) atoms. The third-order valence-electron chi connectivity index (χ3n) is 5.86. The van der Waals surface area contributed by atoms with Gasteiger partial charge in [-0.2, -0.15) is 0 Å². The number of nitrogens with zero attached hydrogens (tertiary/aromatic N) is 1. The van der Waals surface area contributed by atoms with Gasteiger partial charge < -0.3 is 9.47 Å². The Morgan fingerprint density at radius 1 is 1.00 bits per heavy atom. The van der Waals surface area contributed by atoms with E-state index in [2.05, 4.69) is 47.6 Å². The number of carbonyl (C=O) groups is 2. The van der Waals surface area contributed by atoms with Gasteiger partial charge in [0.2, 0.25) is 0 Å². The van der Waals surface area contributed by atoms with E-state index in [0.29, 0.717) is 10.8 Å². The second kappa shape index (κ2) is 10.0. The Balaban J connectivity index is 3.09. The summed E-state index contributed by atoms with van der Waals surface area (Å²) in [5, 5.41) is 10.5. The van der Waals surface area contributed by atoms with Crippen molar-refractivity contribution in [3.8, 4) is 5.75 Å². The topological polar surface area (TPSA) is 76.1 Å². The fourth-order valence-electron chi connectivity index (χ4n) is 3.00. The van der Waals surface area contributed by atoms with E-state index < -0.39 is 30.1 Å². The molecule has 1 aromatic carbocycles. The molecule has 176 valence electrons. The summed E-state index contributed by atoms with van der Waals surface area (Å²) < 4.78 is 11.2. The summed E-state index contributed by atoms with van der Waals surface area (Å²) in [6, 6.07) is 6.10. The van der Waals surface area contributed by atoms with Crippen molar-refractivity contribution in [3.05, 3.63) is 29.3 Å². The van der Waals surface area contributed by atoms with Crippen molar-refractivity contribution in [2.75, 3.05) is 6.54 Å². The Morgan fingerprint density at radius 3 is 2.03 bits per heavy atom. The summed E-state index contributed by atoms with van der Waals surface area (Å²) in [5.74, 6) is -0.785. The minimum absolute atomic E-state index is 0.0217. The molecule has 1 atom stereocenters. The molecule has 1 unspecified atom stereocenters. The fourth-order valence-corrected chi connectivity index (χ4v) is 3.00. The molecule has 0 saturated heterocycles. The van der Waals surface area contributed by atoms with Crippen molar-refractivity contribution >= 4 is 11.9 Å². The van der Waals surface area contributed by atoms with Gasteiger partial charge in [0.25, 0.3) is 5.91 Å². The number of esters is 1. The lowest BCUT2D eigenvalue weighted by atomic mass is 9.76. The zero-order valence-corrected chi connectivity index (χ0v) is 21.0. The fraction of sp³-hybridized carbons (Fsp3) is 0.680. The SMILES string of the molecule is CCC(C)(C)c1ccc(OC(C)C(=O)N(O)CC(=O)OC(C)(C)C)c(C(C)(C)CC)c1. The molecule has 0 spiro atoms. The first-order chi connectivity index (χ1) is 14.0. The highest BCUT2D eigenvalue weighted by Gasteiger charge is 2.30. The van der Waals surface area contributed by atoms with E-state index in [0.717, 1.165) is 18.4 Å². The van der Waals surface area contributed by atoms with Crippen LogP contribution in [0.2, 0.25) is 0 Å². The summed E-state index contributed by atoms with van der Waals surface area (Å²) in [6.45, 7) is 19.2. The number of amides is 1. The van der Waals surface area contributed by atoms with Gasteiger partial charge in [-0.05, 0) is 63.0 Å². The molecular weight excluding hydrogens is 394 g/mol. The molecule has 1 aromatic rings. The lowest BCUT2D eigenvalue weighted by molar-refractivity contribution is -0.185. The number of hydrogen-bond acceptors (Lipinski definition) is 5. The average Bonchev–Trinajstić information content (AvgIpc) is 2.65. The van der Waals surface area contributed by atoms with E-state index in [1.165, 1.54) is 5.56 Å².